The Morgan fingerprint density at radius 1 is 1.39 bits per heavy atom. The van der Waals surface area contributed by atoms with E-state index in [1.165, 1.54) is 20.4 Å². The van der Waals surface area contributed by atoms with Crippen LogP contribution in [0.15, 0.2) is 29.2 Å². The molecule has 2 N–H and O–H groups in total. The van der Waals surface area contributed by atoms with E-state index >= 15 is 0 Å². The van der Waals surface area contributed by atoms with Gasteiger partial charge in [-0.1, -0.05) is 11.6 Å². The third kappa shape index (κ3) is 2.20. The molecule has 0 aliphatic carbocycles. The van der Waals surface area contributed by atoms with E-state index in [0.29, 0.717) is 22.0 Å². The fourth-order valence-corrected chi connectivity index (χ4v) is 1.96. The quantitative estimate of drug-likeness (QED) is 0.864. The standard InChI is InChI=1S/C12H13ClN2O3/c1-16-12(17-2)9-8(13)5-15-11(10(9)14)7-3-4-18-6-7/h3-6,12H,14H2,1-2H3. The van der Waals surface area contributed by atoms with E-state index in [-0.39, 0.29) is 0 Å². The van der Waals surface area contributed by atoms with Crippen LogP contribution in [-0.4, -0.2) is 19.2 Å². The lowest BCUT2D eigenvalue weighted by molar-refractivity contribution is -0.105. The van der Waals surface area contributed by atoms with Crippen LogP contribution in [0, 0.1) is 0 Å². The molecule has 96 valence electrons. The largest absolute Gasteiger partial charge is 0.472 e. The van der Waals surface area contributed by atoms with Gasteiger partial charge in [-0.25, -0.2) is 0 Å². The van der Waals surface area contributed by atoms with Gasteiger partial charge < -0.3 is 19.6 Å². The Morgan fingerprint density at radius 3 is 2.67 bits per heavy atom. The molecule has 2 rings (SSSR count). The Kier molecular flexibility index (Phi) is 3.86. The highest BCUT2D eigenvalue weighted by Crippen LogP contribution is 2.36. The van der Waals surface area contributed by atoms with Gasteiger partial charge in [0.2, 0.25) is 0 Å². The zero-order chi connectivity index (χ0) is 13.1. The van der Waals surface area contributed by atoms with Crippen LogP contribution in [-0.2, 0) is 9.47 Å². The summed E-state index contributed by atoms with van der Waals surface area (Å²) < 4.78 is 15.4. The lowest BCUT2D eigenvalue weighted by atomic mass is 10.1. The maximum atomic E-state index is 6.09. The summed E-state index contributed by atoms with van der Waals surface area (Å²) in [5, 5.41) is 0.397. The summed E-state index contributed by atoms with van der Waals surface area (Å²) in [5.74, 6) is 0. The molecule has 0 spiro atoms. The molecule has 0 radical (unpaired) electrons. The Morgan fingerprint density at radius 2 is 2.11 bits per heavy atom. The van der Waals surface area contributed by atoms with Crippen molar-refractivity contribution in [2.45, 2.75) is 6.29 Å². The van der Waals surface area contributed by atoms with Crippen LogP contribution in [0.3, 0.4) is 0 Å². The number of hydrogen-bond acceptors (Lipinski definition) is 5. The van der Waals surface area contributed by atoms with Gasteiger partial charge in [0.1, 0.15) is 0 Å². The van der Waals surface area contributed by atoms with E-state index < -0.39 is 6.29 Å². The number of rotatable bonds is 4. The van der Waals surface area contributed by atoms with Crippen LogP contribution in [0.4, 0.5) is 5.69 Å². The molecule has 6 heteroatoms. The average molecular weight is 269 g/mol. The molecule has 18 heavy (non-hydrogen) atoms. The molecular formula is C12H13ClN2O3. The van der Waals surface area contributed by atoms with Gasteiger partial charge in [-0.15, -0.1) is 0 Å². The van der Waals surface area contributed by atoms with Crippen molar-refractivity contribution in [3.8, 4) is 11.3 Å². The molecule has 0 bridgehead atoms. The molecule has 2 aromatic rings. The SMILES string of the molecule is COC(OC)c1c(Cl)cnc(-c2ccoc2)c1N. The van der Waals surface area contributed by atoms with Gasteiger partial charge in [-0.3, -0.25) is 4.98 Å². The molecule has 0 fully saturated rings. The predicted molar refractivity (Wildman–Crippen MR) is 68.1 cm³/mol. The third-order valence-corrected chi connectivity index (χ3v) is 2.87. The van der Waals surface area contributed by atoms with Crippen molar-refractivity contribution in [1.29, 1.82) is 0 Å². The minimum Gasteiger partial charge on any atom is -0.472 e. The van der Waals surface area contributed by atoms with Gasteiger partial charge >= 0.3 is 0 Å². The van der Waals surface area contributed by atoms with Crippen molar-refractivity contribution in [2.24, 2.45) is 0 Å². The number of nitrogen functional groups attached to an aromatic ring is 1. The van der Waals surface area contributed by atoms with E-state index in [2.05, 4.69) is 4.98 Å². The van der Waals surface area contributed by atoms with Crippen LogP contribution in [0.25, 0.3) is 11.3 Å². The molecule has 2 aromatic heterocycles. The molecule has 2 heterocycles. The fraction of sp³-hybridized carbons (Fsp3) is 0.250. The molecular weight excluding hydrogens is 256 g/mol. The Hall–Kier alpha value is -1.56. The maximum absolute atomic E-state index is 6.09. The maximum Gasteiger partial charge on any atom is 0.186 e. The van der Waals surface area contributed by atoms with Gasteiger partial charge in [0.15, 0.2) is 6.29 Å². The predicted octanol–water partition coefficient (Wildman–Crippen LogP) is 2.87. The number of ether oxygens (including phenoxy) is 2. The van der Waals surface area contributed by atoms with Crippen molar-refractivity contribution in [2.75, 3.05) is 20.0 Å². The molecule has 0 aromatic carbocycles. The van der Waals surface area contributed by atoms with E-state index in [0.717, 1.165) is 5.56 Å². The van der Waals surface area contributed by atoms with E-state index in [9.17, 15) is 0 Å². The fourth-order valence-electron chi connectivity index (χ4n) is 1.72. The highest BCUT2D eigenvalue weighted by Gasteiger charge is 2.21. The molecule has 0 amide bonds. The highest BCUT2D eigenvalue weighted by molar-refractivity contribution is 6.31. The first-order valence-corrected chi connectivity index (χ1v) is 5.58. The average Bonchev–Trinajstić information content (AvgIpc) is 2.88. The Bertz CT molecular complexity index is 524. The molecule has 0 aliphatic heterocycles. The molecule has 0 unspecified atom stereocenters. The van der Waals surface area contributed by atoms with Crippen LogP contribution >= 0.6 is 11.6 Å². The van der Waals surface area contributed by atoms with E-state index in [4.69, 9.17) is 31.2 Å². The summed E-state index contributed by atoms with van der Waals surface area (Å²) in [5.41, 5.74) is 8.42. The minimum absolute atomic E-state index is 0.397. The van der Waals surface area contributed by atoms with E-state index in [1.807, 2.05) is 0 Å². The zero-order valence-electron chi connectivity index (χ0n) is 10.0. The Balaban J connectivity index is 2.56. The first-order chi connectivity index (χ1) is 8.69. The number of methoxy groups -OCH3 is 2. The first kappa shape index (κ1) is 12.9. The van der Waals surface area contributed by atoms with Crippen molar-refractivity contribution in [1.82, 2.24) is 4.98 Å². The van der Waals surface area contributed by atoms with Crippen molar-refractivity contribution in [3.05, 3.63) is 35.4 Å². The molecule has 0 saturated carbocycles. The summed E-state index contributed by atoms with van der Waals surface area (Å²) in [4.78, 5) is 4.20. The summed E-state index contributed by atoms with van der Waals surface area (Å²) in [6.07, 6.45) is 3.99. The first-order valence-electron chi connectivity index (χ1n) is 5.21. The number of halogens is 1. The van der Waals surface area contributed by atoms with Crippen molar-refractivity contribution >= 4 is 17.3 Å². The van der Waals surface area contributed by atoms with Crippen LogP contribution in [0.2, 0.25) is 5.02 Å². The molecule has 5 nitrogen and oxygen atoms in total. The second-order valence-corrected chi connectivity index (χ2v) is 4.00. The van der Waals surface area contributed by atoms with Crippen LogP contribution in [0.1, 0.15) is 11.9 Å². The summed E-state index contributed by atoms with van der Waals surface area (Å²) >= 11 is 6.09. The number of nitrogens with two attached hydrogens (primary N) is 1. The number of anilines is 1. The summed E-state index contributed by atoms with van der Waals surface area (Å²) in [6, 6.07) is 1.77. The number of pyridine rings is 1. The van der Waals surface area contributed by atoms with Crippen LogP contribution < -0.4 is 5.73 Å². The minimum atomic E-state index is -0.633. The summed E-state index contributed by atoms with van der Waals surface area (Å²) in [7, 11) is 3.03. The van der Waals surface area contributed by atoms with Gasteiger partial charge in [-0.05, 0) is 6.07 Å². The highest BCUT2D eigenvalue weighted by atomic mass is 35.5. The summed E-state index contributed by atoms with van der Waals surface area (Å²) in [6.45, 7) is 0. The molecule has 0 atom stereocenters. The smallest absolute Gasteiger partial charge is 0.186 e. The second kappa shape index (κ2) is 5.39. The monoisotopic (exact) mass is 268 g/mol. The van der Waals surface area contributed by atoms with Gasteiger partial charge in [0.25, 0.3) is 0 Å². The van der Waals surface area contributed by atoms with Crippen LogP contribution in [0.5, 0.6) is 0 Å². The Labute approximate surface area is 109 Å². The number of hydrogen-bond donors (Lipinski definition) is 1. The van der Waals surface area contributed by atoms with Crippen molar-refractivity contribution in [3.63, 3.8) is 0 Å². The van der Waals surface area contributed by atoms with Gasteiger partial charge in [0.05, 0.1) is 34.5 Å². The molecule has 0 saturated heterocycles. The topological polar surface area (TPSA) is 70.5 Å². The van der Waals surface area contributed by atoms with Gasteiger partial charge in [0, 0.05) is 26.0 Å². The lowest BCUT2D eigenvalue weighted by Crippen LogP contribution is -2.09. The van der Waals surface area contributed by atoms with E-state index in [1.54, 1.807) is 18.6 Å². The number of nitrogens with zero attached hydrogens (tertiary/aromatic N) is 1. The number of furan rings is 1. The lowest BCUT2D eigenvalue weighted by Gasteiger charge is -2.18. The van der Waals surface area contributed by atoms with Crippen molar-refractivity contribution < 1.29 is 13.9 Å². The number of aromatic nitrogens is 1. The normalized spacial score (nSPS) is 11.1. The second-order valence-electron chi connectivity index (χ2n) is 3.60. The third-order valence-electron chi connectivity index (χ3n) is 2.57. The molecule has 0 aliphatic rings. The zero-order valence-corrected chi connectivity index (χ0v) is 10.8. The van der Waals surface area contributed by atoms with Gasteiger partial charge in [-0.2, -0.15) is 0 Å².